The summed E-state index contributed by atoms with van der Waals surface area (Å²) >= 11 is 1.17. The van der Waals surface area contributed by atoms with Gasteiger partial charge in [-0.05, 0) is 36.4 Å². The van der Waals surface area contributed by atoms with E-state index in [1.165, 1.54) is 11.8 Å². The predicted molar refractivity (Wildman–Crippen MR) is 72.6 cm³/mol. The van der Waals surface area contributed by atoms with Crippen LogP contribution >= 0.6 is 11.8 Å². The van der Waals surface area contributed by atoms with Gasteiger partial charge in [-0.2, -0.15) is 0 Å². The summed E-state index contributed by atoms with van der Waals surface area (Å²) in [7, 11) is 5.07. The van der Waals surface area contributed by atoms with Crippen LogP contribution in [-0.4, -0.2) is 31.3 Å². The van der Waals surface area contributed by atoms with Gasteiger partial charge < -0.3 is 9.64 Å². The highest BCUT2D eigenvalue weighted by Gasteiger charge is 2.11. The summed E-state index contributed by atoms with van der Waals surface area (Å²) in [6.45, 7) is 1.96. The number of carbonyl (C=O) groups is 1. The Hall–Kier alpha value is -1.42. The molecule has 17 heavy (non-hydrogen) atoms. The SMILES string of the molecule is C/C=C/c1ccc(SC(=O)N(C)C)c(OC)c1. The maximum Gasteiger partial charge on any atom is 0.286 e. The van der Waals surface area contributed by atoms with E-state index >= 15 is 0 Å². The van der Waals surface area contributed by atoms with Crippen molar-refractivity contribution in [2.75, 3.05) is 21.2 Å². The van der Waals surface area contributed by atoms with Gasteiger partial charge in [-0.25, -0.2) is 0 Å². The van der Waals surface area contributed by atoms with Crippen LogP contribution in [0.15, 0.2) is 29.2 Å². The van der Waals surface area contributed by atoms with Crippen molar-refractivity contribution in [3.63, 3.8) is 0 Å². The van der Waals surface area contributed by atoms with Gasteiger partial charge in [0.1, 0.15) is 5.75 Å². The van der Waals surface area contributed by atoms with Crippen LogP contribution in [0, 0.1) is 0 Å². The highest BCUT2D eigenvalue weighted by molar-refractivity contribution is 8.13. The van der Waals surface area contributed by atoms with Crippen molar-refractivity contribution in [1.82, 2.24) is 4.90 Å². The number of ether oxygens (including phenoxy) is 1. The van der Waals surface area contributed by atoms with E-state index in [0.717, 1.165) is 16.2 Å². The van der Waals surface area contributed by atoms with Crippen LogP contribution in [0.3, 0.4) is 0 Å². The third-order valence-corrected chi connectivity index (χ3v) is 3.21. The Morgan fingerprint density at radius 2 is 2.12 bits per heavy atom. The van der Waals surface area contributed by atoms with Crippen molar-refractivity contribution < 1.29 is 9.53 Å². The Kier molecular flexibility index (Phi) is 5.10. The van der Waals surface area contributed by atoms with E-state index in [1.54, 1.807) is 26.1 Å². The molecule has 92 valence electrons. The molecule has 1 aromatic rings. The number of nitrogens with zero attached hydrogens (tertiary/aromatic N) is 1. The minimum absolute atomic E-state index is 0.0120. The Morgan fingerprint density at radius 3 is 2.65 bits per heavy atom. The van der Waals surface area contributed by atoms with Crippen molar-refractivity contribution in [3.8, 4) is 5.75 Å². The zero-order valence-corrected chi connectivity index (χ0v) is 11.4. The van der Waals surface area contributed by atoms with Gasteiger partial charge in [0.05, 0.1) is 12.0 Å². The second-order valence-electron chi connectivity index (χ2n) is 3.67. The van der Waals surface area contributed by atoms with Crippen molar-refractivity contribution in [1.29, 1.82) is 0 Å². The van der Waals surface area contributed by atoms with Crippen molar-refractivity contribution in [2.45, 2.75) is 11.8 Å². The van der Waals surface area contributed by atoms with E-state index in [0.29, 0.717) is 0 Å². The number of rotatable bonds is 3. The monoisotopic (exact) mass is 251 g/mol. The number of amides is 1. The van der Waals surface area contributed by atoms with Gasteiger partial charge in [0.25, 0.3) is 5.24 Å². The number of methoxy groups -OCH3 is 1. The van der Waals surface area contributed by atoms with Crippen LogP contribution in [0.4, 0.5) is 4.79 Å². The van der Waals surface area contributed by atoms with E-state index in [4.69, 9.17) is 4.74 Å². The quantitative estimate of drug-likeness (QED) is 0.770. The lowest BCUT2D eigenvalue weighted by atomic mass is 10.2. The third kappa shape index (κ3) is 3.82. The Labute approximate surface area is 106 Å². The molecule has 0 heterocycles. The maximum absolute atomic E-state index is 11.6. The zero-order valence-electron chi connectivity index (χ0n) is 10.6. The zero-order chi connectivity index (χ0) is 12.8. The molecule has 0 atom stereocenters. The Bertz CT molecular complexity index is 427. The first-order valence-electron chi connectivity index (χ1n) is 5.28. The Morgan fingerprint density at radius 1 is 1.41 bits per heavy atom. The molecular formula is C13H17NO2S. The lowest BCUT2D eigenvalue weighted by molar-refractivity contribution is 0.241. The third-order valence-electron chi connectivity index (χ3n) is 2.11. The molecule has 0 fully saturated rings. The smallest absolute Gasteiger partial charge is 0.286 e. The van der Waals surface area contributed by atoms with Gasteiger partial charge in [-0.15, -0.1) is 0 Å². The molecule has 0 saturated heterocycles. The van der Waals surface area contributed by atoms with Crippen LogP contribution in [0.1, 0.15) is 12.5 Å². The summed E-state index contributed by atoms with van der Waals surface area (Å²) < 4.78 is 5.29. The standard InChI is InChI=1S/C13H17NO2S/c1-5-6-10-7-8-12(11(9-10)16-4)17-13(15)14(2)3/h5-9H,1-4H3/b6-5+. The van der Waals surface area contributed by atoms with Crippen LogP contribution in [0.2, 0.25) is 0 Å². The van der Waals surface area contributed by atoms with Crippen LogP contribution < -0.4 is 4.74 Å². The summed E-state index contributed by atoms with van der Waals surface area (Å²) in [4.78, 5) is 14.0. The minimum Gasteiger partial charge on any atom is -0.496 e. The molecule has 0 aliphatic heterocycles. The number of benzene rings is 1. The van der Waals surface area contributed by atoms with Crippen LogP contribution in [-0.2, 0) is 0 Å². The summed E-state index contributed by atoms with van der Waals surface area (Å²) in [5.41, 5.74) is 1.06. The maximum atomic E-state index is 11.6. The number of hydrogen-bond acceptors (Lipinski definition) is 3. The summed E-state index contributed by atoms with van der Waals surface area (Å²) in [5.74, 6) is 0.723. The van der Waals surface area contributed by atoms with Gasteiger partial charge in [-0.3, -0.25) is 4.79 Å². The molecule has 4 heteroatoms. The largest absolute Gasteiger partial charge is 0.496 e. The first kappa shape index (κ1) is 13.6. The first-order chi connectivity index (χ1) is 8.08. The van der Waals surface area contributed by atoms with Gasteiger partial charge in [-0.1, -0.05) is 18.2 Å². The molecule has 1 rings (SSSR count). The molecule has 3 nitrogen and oxygen atoms in total. The van der Waals surface area contributed by atoms with E-state index in [9.17, 15) is 4.79 Å². The van der Waals surface area contributed by atoms with Crippen LogP contribution in [0.25, 0.3) is 6.08 Å². The molecule has 1 aromatic carbocycles. The average Bonchev–Trinajstić information content (AvgIpc) is 2.31. The van der Waals surface area contributed by atoms with Crippen molar-refractivity contribution in [3.05, 3.63) is 29.8 Å². The van der Waals surface area contributed by atoms with E-state index in [2.05, 4.69) is 0 Å². The number of carbonyl (C=O) groups excluding carboxylic acids is 1. The highest BCUT2D eigenvalue weighted by atomic mass is 32.2. The molecule has 1 amide bonds. The van der Waals surface area contributed by atoms with Gasteiger partial charge in [0.2, 0.25) is 0 Å². The van der Waals surface area contributed by atoms with E-state index in [1.807, 2.05) is 37.3 Å². The molecule has 0 N–H and O–H groups in total. The second-order valence-corrected chi connectivity index (χ2v) is 4.67. The lowest BCUT2D eigenvalue weighted by Crippen LogP contribution is -2.16. The molecule has 0 saturated carbocycles. The molecule has 0 aromatic heterocycles. The van der Waals surface area contributed by atoms with Crippen LogP contribution in [0.5, 0.6) is 5.75 Å². The fourth-order valence-corrected chi connectivity index (χ4v) is 2.00. The summed E-state index contributed by atoms with van der Waals surface area (Å²) in [6.07, 6.45) is 3.96. The molecule has 0 spiro atoms. The fourth-order valence-electron chi connectivity index (χ4n) is 1.25. The average molecular weight is 251 g/mol. The van der Waals surface area contributed by atoms with E-state index < -0.39 is 0 Å². The van der Waals surface area contributed by atoms with Gasteiger partial charge in [0.15, 0.2) is 0 Å². The number of hydrogen-bond donors (Lipinski definition) is 0. The van der Waals surface area contributed by atoms with Gasteiger partial charge >= 0.3 is 0 Å². The molecular weight excluding hydrogens is 234 g/mol. The van der Waals surface area contributed by atoms with Gasteiger partial charge in [0, 0.05) is 14.1 Å². The topological polar surface area (TPSA) is 29.5 Å². The van der Waals surface area contributed by atoms with Crippen molar-refractivity contribution in [2.24, 2.45) is 0 Å². The summed E-state index contributed by atoms with van der Waals surface area (Å²) in [5, 5.41) is -0.0120. The van der Waals surface area contributed by atoms with Crippen molar-refractivity contribution >= 4 is 23.1 Å². The lowest BCUT2D eigenvalue weighted by Gasteiger charge is -2.12. The normalized spacial score (nSPS) is 10.6. The molecule has 0 radical (unpaired) electrons. The molecule has 0 bridgehead atoms. The molecule has 0 aliphatic rings. The number of thioether (sulfide) groups is 1. The fraction of sp³-hybridized carbons (Fsp3) is 0.308. The predicted octanol–water partition coefficient (Wildman–Crippen LogP) is 3.50. The highest BCUT2D eigenvalue weighted by Crippen LogP contribution is 2.31. The van der Waals surface area contributed by atoms with E-state index in [-0.39, 0.29) is 5.24 Å². The molecule has 0 unspecified atom stereocenters. The number of allylic oxidation sites excluding steroid dienone is 1. The minimum atomic E-state index is -0.0120. The Balaban J connectivity index is 2.96. The summed E-state index contributed by atoms with van der Waals surface area (Å²) in [6, 6.07) is 5.79. The molecule has 0 aliphatic carbocycles. The first-order valence-corrected chi connectivity index (χ1v) is 6.10. The second kappa shape index (κ2) is 6.35.